The first-order valence-corrected chi connectivity index (χ1v) is 15.6. The molecule has 2 saturated heterocycles. The fourth-order valence-electron chi connectivity index (χ4n) is 6.43. The summed E-state index contributed by atoms with van der Waals surface area (Å²) in [5.74, 6) is 0. The van der Waals surface area contributed by atoms with Crippen LogP contribution >= 0.6 is 0 Å². The van der Waals surface area contributed by atoms with Gasteiger partial charge in [0.2, 0.25) is 0 Å². The number of benzene rings is 2. The summed E-state index contributed by atoms with van der Waals surface area (Å²) in [7, 11) is -0.727. The van der Waals surface area contributed by atoms with E-state index in [-0.39, 0.29) is 42.1 Å². The summed E-state index contributed by atoms with van der Waals surface area (Å²) in [5.41, 5.74) is 6.07. The van der Waals surface area contributed by atoms with Gasteiger partial charge in [-0.15, -0.1) is 0 Å². The van der Waals surface area contributed by atoms with Crippen molar-refractivity contribution in [2.75, 3.05) is 0 Å². The molecule has 2 aliphatic heterocycles. The summed E-state index contributed by atoms with van der Waals surface area (Å²) < 4.78 is 25.8. The minimum atomic E-state index is -0.363. The first kappa shape index (κ1) is 29.9. The van der Waals surface area contributed by atoms with Gasteiger partial charge in [-0.3, -0.25) is 0 Å². The molecule has 6 heteroatoms. The van der Waals surface area contributed by atoms with Crippen LogP contribution in [0.15, 0.2) is 36.4 Å². The summed E-state index contributed by atoms with van der Waals surface area (Å²) in [6.07, 6.45) is 8.84. The van der Waals surface area contributed by atoms with Crippen molar-refractivity contribution < 1.29 is 18.6 Å². The van der Waals surface area contributed by atoms with Gasteiger partial charge in [-0.25, -0.2) is 0 Å². The molecule has 0 amide bonds. The van der Waals surface area contributed by atoms with Gasteiger partial charge >= 0.3 is 14.2 Å². The summed E-state index contributed by atoms with van der Waals surface area (Å²) in [5, 5.41) is 0. The van der Waals surface area contributed by atoms with Gasteiger partial charge in [-0.2, -0.15) is 0 Å². The number of unbranched alkanes of at least 4 members (excludes halogenated alkanes) is 5. The van der Waals surface area contributed by atoms with Gasteiger partial charge in [0.15, 0.2) is 0 Å². The van der Waals surface area contributed by atoms with E-state index in [4.69, 9.17) is 18.6 Å². The Hall–Kier alpha value is -1.59. The normalized spacial score (nSPS) is 22.9. The molecular formula is C34H50B2O4. The lowest BCUT2D eigenvalue weighted by molar-refractivity contribution is 0.00578. The monoisotopic (exact) mass is 544 g/mol. The average Bonchev–Trinajstić information content (AvgIpc) is 3.35. The molecule has 3 aliphatic rings. The highest BCUT2D eigenvalue weighted by Gasteiger charge is 2.53. The molecule has 216 valence electrons. The van der Waals surface area contributed by atoms with E-state index in [1.807, 2.05) is 0 Å². The summed E-state index contributed by atoms with van der Waals surface area (Å²) in [6.45, 7) is 21.7. The second kappa shape index (κ2) is 10.3. The largest absolute Gasteiger partial charge is 0.494 e. The van der Waals surface area contributed by atoms with E-state index in [0.717, 1.165) is 17.3 Å². The van der Waals surface area contributed by atoms with Crippen LogP contribution in [0.2, 0.25) is 0 Å². The average molecular weight is 544 g/mol. The molecule has 40 heavy (non-hydrogen) atoms. The van der Waals surface area contributed by atoms with Gasteiger partial charge in [-0.1, -0.05) is 88.8 Å². The summed E-state index contributed by atoms with van der Waals surface area (Å²) in [6, 6.07) is 13.7. The molecule has 0 N–H and O–H groups in total. The Balaban J connectivity index is 1.49. The maximum atomic E-state index is 6.46. The van der Waals surface area contributed by atoms with Crippen molar-refractivity contribution in [1.29, 1.82) is 0 Å². The predicted molar refractivity (Wildman–Crippen MR) is 168 cm³/mol. The van der Waals surface area contributed by atoms with Gasteiger partial charge in [0.1, 0.15) is 0 Å². The standard InChI is InChI=1S/C34H50B2O4/c1-11-12-13-14-15-16-21-34(10)28-22-24(35-37-30(2,3)31(4,5)38-35)17-19-26(28)27-20-18-25(23-29(27)34)36-39-32(6,7)33(8,9)40-36/h17-20,22-23H,11-16,21H2,1-10H3. The van der Waals surface area contributed by atoms with Crippen molar-refractivity contribution in [3.8, 4) is 11.1 Å². The third-order valence-electron chi connectivity index (χ3n) is 10.6. The molecule has 0 unspecified atom stereocenters. The van der Waals surface area contributed by atoms with Crippen LogP contribution in [-0.4, -0.2) is 36.6 Å². The van der Waals surface area contributed by atoms with Crippen LogP contribution in [0, 0.1) is 0 Å². The lowest BCUT2D eigenvalue weighted by atomic mass is 9.70. The SMILES string of the molecule is CCCCCCCCC1(C)c2cc(B3OC(C)(C)C(C)(C)O3)ccc2-c2ccc(B3OC(C)(C)C(C)(C)O3)cc21. The summed E-state index contributed by atoms with van der Waals surface area (Å²) >= 11 is 0. The molecule has 5 rings (SSSR count). The number of hydrogen-bond donors (Lipinski definition) is 0. The zero-order valence-electron chi connectivity index (χ0n) is 26.7. The zero-order valence-corrected chi connectivity index (χ0v) is 26.7. The molecule has 0 spiro atoms. The van der Waals surface area contributed by atoms with Crippen molar-refractivity contribution >= 4 is 25.2 Å². The van der Waals surface area contributed by atoms with Gasteiger partial charge in [-0.05, 0) is 95.0 Å². The van der Waals surface area contributed by atoms with Gasteiger partial charge < -0.3 is 18.6 Å². The van der Waals surface area contributed by atoms with Crippen LogP contribution in [0.25, 0.3) is 11.1 Å². The molecule has 0 atom stereocenters. The van der Waals surface area contributed by atoms with Crippen molar-refractivity contribution in [3.05, 3.63) is 47.5 Å². The highest BCUT2D eigenvalue weighted by atomic mass is 16.7. The Bertz CT molecular complexity index is 1130. The molecule has 2 fully saturated rings. The van der Waals surface area contributed by atoms with E-state index in [1.54, 1.807) is 0 Å². The Morgan fingerprint density at radius 1 is 0.525 bits per heavy atom. The highest BCUT2D eigenvalue weighted by Crippen LogP contribution is 2.51. The first-order chi connectivity index (χ1) is 18.6. The van der Waals surface area contributed by atoms with Gasteiger partial charge in [0.05, 0.1) is 22.4 Å². The number of fused-ring (bicyclic) bond motifs is 3. The molecule has 1 aliphatic carbocycles. The van der Waals surface area contributed by atoms with Gasteiger partial charge in [0, 0.05) is 5.41 Å². The van der Waals surface area contributed by atoms with E-state index >= 15 is 0 Å². The van der Waals surface area contributed by atoms with Crippen molar-refractivity contribution in [1.82, 2.24) is 0 Å². The van der Waals surface area contributed by atoms with E-state index in [9.17, 15) is 0 Å². The molecule has 0 bridgehead atoms. The maximum Gasteiger partial charge on any atom is 0.494 e. The number of rotatable bonds is 9. The molecule has 2 heterocycles. The van der Waals surface area contributed by atoms with E-state index in [2.05, 4.69) is 106 Å². The topological polar surface area (TPSA) is 36.9 Å². The minimum absolute atomic E-state index is 0.102. The van der Waals surface area contributed by atoms with Crippen LogP contribution in [-0.2, 0) is 24.0 Å². The minimum Gasteiger partial charge on any atom is -0.399 e. The fourth-order valence-corrected chi connectivity index (χ4v) is 6.43. The second-order valence-electron chi connectivity index (χ2n) is 14.6. The van der Waals surface area contributed by atoms with E-state index in [1.165, 1.54) is 60.8 Å². The molecule has 0 aromatic heterocycles. The van der Waals surface area contributed by atoms with E-state index < -0.39 is 0 Å². The maximum absolute atomic E-state index is 6.46. The lowest BCUT2D eigenvalue weighted by Gasteiger charge is -2.32. The van der Waals surface area contributed by atoms with Crippen LogP contribution in [0.4, 0.5) is 0 Å². The molecular weight excluding hydrogens is 494 g/mol. The highest BCUT2D eigenvalue weighted by molar-refractivity contribution is 6.62. The Morgan fingerprint density at radius 3 is 1.30 bits per heavy atom. The Kier molecular flexibility index (Phi) is 7.69. The van der Waals surface area contributed by atoms with Crippen LogP contribution in [0.3, 0.4) is 0 Å². The van der Waals surface area contributed by atoms with Crippen molar-refractivity contribution in [2.45, 2.75) is 142 Å². The Labute approximate surface area is 244 Å². The van der Waals surface area contributed by atoms with Crippen LogP contribution in [0.5, 0.6) is 0 Å². The second-order valence-corrected chi connectivity index (χ2v) is 14.6. The Morgan fingerprint density at radius 2 is 0.900 bits per heavy atom. The predicted octanol–water partition coefficient (Wildman–Crippen LogP) is 7.32. The zero-order chi connectivity index (χ0) is 29.1. The lowest BCUT2D eigenvalue weighted by Crippen LogP contribution is -2.41. The third-order valence-corrected chi connectivity index (χ3v) is 10.6. The van der Waals surface area contributed by atoms with E-state index in [0.29, 0.717) is 0 Å². The fraction of sp³-hybridized carbons (Fsp3) is 0.647. The molecule has 0 radical (unpaired) electrons. The summed E-state index contributed by atoms with van der Waals surface area (Å²) in [4.78, 5) is 0. The molecule has 0 saturated carbocycles. The first-order valence-electron chi connectivity index (χ1n) is 15.6. The van der Waals surface area contributed by atoms with Crippen molar-refractivity contribution in [2.24, 2.45) is 0 Å². The third kappa shape index (κ3) is 5.02. The van der Waals surface area contributed by atoms with Crippen molar-refractivity contribution in [3.63, 3.8) is 0 Å². The molecule has 4 nitrogen and oxygen atoms in total. The molecule has 2 aromatic rings. The smallest absolute Gasteiger partial charge is 0.399 e. The number of hydrogen-bond acceptors (Lipinski definition) is 4. The van der Waals surface area contributed by atoms with Crippen LogP contribution in [0.1, 0.15) is 125 Å². The molecule has 2 aromatic carbocycles. The van der Waals surface area contributed by atoms with Gasteiger partial charge in [0.25, 0.3) is 0 Å². The quantitative estimate of drug-likeness (QED) is 0.245. The van der Waals surface area contributed by atoms with Crippen LogP contribution < -0.4 is 10.9 Å².